The number of rotatable bonds is 6. The lowest BCUT2D eigenvalue weighted by Gasteiger charge is -2.22. The highest BCUT2D eigenvalue weighted by Crippen LogP contribution is 2.20. The number of carbonyl (C=O) groups excluding carboxylic acids is 1. The molecule has 1 aromatic carbocycles. The van der Waals surface area contributed by atoms with E-state index in [1.165, 1.54) is 0 Å². The maximum atomic E-state index is 12.5. The van der Waals surface area contributed by atoms with Crippen molar-refractivity contribution in [3.8, 4) is 5.69 Å². The highest BCUT2D eigenvalue weighted by molar-refractivity contribution is 5.78. The van der Waals surface area contributed by atoms with Crippen molar-refractivity contribution in [2.24, 2.45) is 5.92 Å². The van der Waals surface area contributed by atoms with Crippen LogP contribution in [0.3, 0.4) is 0 Å². The van der Waals surface area contributed by atoms with Crippen LogP contribution in [0.25, 0.3) is 5.69 Å². The topological polar surface area (TPSA) is 38.1 Å². The van der Waals surface area contributed by atoms with Crippen LogP contribution in [-0.4, -0.2) is 27.6 Å². The molecule has 0 saturated heterocycles. The van der Waals surface area contributed by atoms with E-state index in [1.54, 1.807) is 0 Å². The Bertz CT molecular complexity index is 657. The van der Waals surface area contributed by atoms with Gasteiger partial charge in [-0.2, -0.15) is 5.10 Å². The van der Waals surface area contributed by atoms with Gasteiger partial charge in [-0.3, -0.25) is 4.79 Å². The summed E-state index contributed by atoms with van der Waals surface area (Å²) in [5, 5.41) is 4.66. The number of aryl methyl sites for hydroxylation is 1. The van der Waals surface area contributed by atoms with Gasteiger partial charge in [-0.15, -0.1) is 0 Å². The summed E-state index contributed by atoms with van der Waals surface area (Å²) in [4.78, 5) is 14.3. The second kappa shape index (κ2) is 7.44. The van der Waals surface area contributed by atoms with Gasteiger partial charge in [0, 0.05) is 30.8 Å². The number of nitrogens with zero attached hydrogens (tertiary/aromatic N) is 3. The molecule has 1 heterocycles. The summed E-state index contributed by atoms with van der Waals surface area (Å²) in [7, 11) is 1.89. The van der Waals surface area contributed by atoms with Gasteiger partial charge >= 0.3 is 0 Å². The van der Waals surface area contributed by atoms with Crippen LogP contribution in [0.4, 0.5) is 0 Å². The van der Waals surface area contributed by atoms with E-state index in [9.17, 15) is 4.79 Å². The number of aromatic nitrogens is 2. The third-order valence-electron chi connectivity index (χ3n) is 4.55. The van der Waals surface area contributed by atoms with Gasteiger partial charge in [0.2, 0.25) is 5.91 Å². The van der Waals surface area contributed by atoms with Gasteiger partial charge in [-0.05, 0) is 38.8 Å². The molecule has 0 saturated carbocycles. The molecule has 0 spiro atoms. The molecule has 0 bridgehead atoms. The number of hydrogen-bond acceptors (Lipinski definition) is 2. The van der Waals surface area contributed by atoms with Crippen LogP contribution in [-0.2, 0) is 11.3 Å². The van der Waals surface area contributed by atoms with Crippen molar-refractivity contribution >= 4 is 5.91 Å². The van der Waals surface area contributed by atoms with Crippen molar-refractivity contribution < 1.29 is 4.79 Å². The van der Waals surface area contributed by atoms with E-state index in [0.29, 0.717) is 6.54 Å². The number of benzene rings is 1. The second-order valence-electron chi connectivity index (χ2n) is 6.10. The molecule has 23 heavy (non-hydrogen) atoms. The number of carbonyl (C=O) groups is 1. The van der Waals surface area contributed by atoms with E-state index in [-0.39, 0.29) is 11.8 Å². The Labute approximate surface area is 139 Å². The lowest BCUT2D eigenvalue weighted by molar-refractivity contribution is -0.134. The Morgan fingerprint density at radius 2 is 1.78 bits per heavy atom. The Morgan fingerprint density at radius 3 is 2.35 bits per heavy atom. The number of amides is 1. The first-order valence-electron chi connectivity index (χ1n) is 8.35. The van der Waals surface area contributed by atoms with E-state index in [1.807, 2.05) is 53.9 Å². The zero-order chi connectivity index (χ0) is 17.0. The zero-order valence-corrected chi connectivity index (χ0v) is 14.8. The fourth-order valence-electron chi connectivity index (χ4n) is 2.99. The molecule has 0 fully saturated rings. The SMILES string of the molecule is CCC(CC)C(=O)N(C)Cc1c(C)nn(-c2ccccc2)c1C. The van der Waals surface area contributed by atoms with Crippen LogP contribution >= 0.6 is 0 Å². The lowest BCUT2D eigenvalue weighted by atomic mass is 10.0. The summed E-state index contributed by atoms with van der Waals surface area (Å²) in [6.45, 7) is 8.84. The molecule has 124 valence electrons. The van der Waals surface area contributed by atoms with Crippen LogP contribution in [0.15, 0.2) is 30.3 Å². The second-order valence-corrected chi connectivity index (χ2v) is 6.10. The molecule has 2 rings (SSSR count). The molecular weight excluding hydrogens is 286 g/mol. The highest BCUT2D eigenvalue weighted by atomic mass is 16.2. The summed E-state index contributed by atoms with van der Waals surface area (Å²) in [5.74, 6) is 0.339. The molecule has 4 nitrogen and oxygen atoms in total. The molecule has 4 heteroatoms. The minimum absolute atomic E-state index is 0.116. The predicted octanol–water partition coefficient (Wildman–Crippen LogP) is 3.88. The highest BCUT2D eigenvalue weighted by Gasteiger charge is 2.21. The van der Waals surface area contributed by atoms with Gasteiger partial charge in [0.1, 0.15) is 0 Å². The fraction of sp³-hybridized carbons (Fsp3) is 0.474. The maximum Gasteiger partial charge on any atom is 0.225 e. The van der Waals surface area contributed by atoms with E-state index in [0.717, 1.165) is 35.5 Å². The predicted molar refractivity (Wildman–Crippen MR) is 93.6 cm³/mol. The summed E-state index contributed by atoms with van der Waals surface area (Å²) < 4.78 is 1.96. The first-order chi connectivity index (χ1) is 11.0. The molecule has 1 amide bonds. The Morgan fingerprint density at radius 1 is 1.17 bits per heavy atom. The summed E-state index contributed by atoms with van der Waals surface area (Å²) >= 11 is 0. The van der Waals surface area contributed by atoms with Crippen molar-refractivity contribution in [3.05, 3.63) is 47.3 Å². The fourth-order valence-corrected chi connectivity index (χ4v) is 2.99. The lowest BCUT2D eigenvalue weighted by Crippen LogP contribution is -2.32. The van der Waals surface area contributed by atoms with Crippen LogP contribution < -0.4 is 0 Å². The van der Waals surface area contributed by atoms with Crippen molar-refractivity contribution in [2.45, 2.75) is 47.1 Å². The van der Waals surface area contributed by atoms with E-state index in [4.69, 9.17) is 0 Å². The van der Waals surface area contributed by atoms with E-state index < -0.39 is 0 Å². The molecule has 0 N–H and O–H groups in total. The smallest absolute Gasteiger partial charge is 0.225 e. The quantitative estimate of drug-likeness (QED) is 0.811. The Hall–Kier alpha value is -2.10. The minimum Gasteiger partial charge on any atom is -0.341 e. The van der Waals surface area contributed by atoms with Gasteiger partial charge in [0.15, 0.2) is 0 Å². The first kappa shape index (κ1) is 17.3. The molecule has 0 unspecified atom stereocenters. The van der Waals surface area contributed by atoms with Gasteiger partial charge in [0.05, 0.1) is 11.4 Å². The number of hydrogen-bond donors (Lipinski definition) is 0. The normalized spacial score (nSPS) is 11.0. The molecule has 0 atom stereocenters. The van der Waals surface area contributed by atoms with Crippen molar-refractivity contribution in [2.75, 3.05) is 7.05 Å². The Kier molecular flexibility index (Phi) is 5.59. The Balaban J connectivity index is 2.24. The first-order valence-corrected chi connectivity index (χ1v) is 8.35. The van der Waals surface area contributed by atoms with E-state index >= 15 is 0 Å². The van der Waals surface area contributed by atoms with Crippen molar-refractivity contribution in [3.63, 3.8) is 0 Å². The molecule has 0 radical (unpaired) electrons. The monoisotopic (exact) mass is 313 g/mol. The zero-order valence-electron chi connectivity index (χ0n) is 14.8. The molecule has 1 aromatic heterocycles. The number of para-hydroxylation sites is 1. The third kappa shape index (κ3) is 3.63. The molecule has 2 aromatic rings. The summed E-state index contributed by atoms with van der Waals surface area (Å²) in [6.07, 6.45) is 1.78. The maximum absolute atomic E-state index is 12.5. The van der Waals surface area contributed by atoms with Gasteiger partial charge in [-0.1, -0.05) is 32.0 Å². The van der Waals surface area contributed by atoms with Crippen LogP contribution in [0.5, 0.6) is 0 Å². The van der Waals surface area contributed by atoms with Gasteiger partial charge < -0.3 is 4.90 Å². The van der Waals surface area contributed by atoms with E-state index in [2.05, 4.69) is 25.9 Å². The van der Waals surface area contributed by atoms with Crippen LogP contribution in [0.1, 0.15) is 43.6 Å². The average molecular weight is 313 g/mol. The van der Waals surface area contributed by atoms with Gasteiger partial charge in [0.25, 0.3) is 0 Å². The molecule has 0 aliphatic rings. The molecule has 0 aliphatic heterocycles. The summed E-state index contributed by atoms with van der Waals surface area (Å²) in [6, 6.07) is 10.1. The minimum atomic E-state index is 0.116. The summed E-state index contributed by atoms with van der Waals surface area (Å²) in [5.41, 5.74) is 4.26. The average Bonchev–Trinajstić information content (AvgIpc) is 2.84. The molecular formula is C19H27N3O. The molecule has 0 aliphatic carbocycles. The van der Waals surface area contributed by atoms with Crippen LogP contribution in [0.2, 0.25) is 0 Å². The van der Waals surface area contributed by atoms with Gasteiger partial charge in [-0.25, -0.2) is 4.68 Å². The largest absolute Gasteiger partial charge is 0.341 e. The van der Waals surface area contributed by atoms with Crippen LogP contribution in [0, 0.1) is 19.8 Å². The van der Waals surface area contributed by atoms with Crippen molar-refractivity contribution in [1.82, 2.24) is 14.7 Å². The van der Waals surface area contributed by atoms with Crippen molar-refractivity contribution in [1.29, 1.82) is 0 Å². The third-order valence-corrected chi connectivity index (χ3v) is 4.55. The standard InChI is InChI=1S/C19H27N3O/c1-6-16(7-2)19(23)21(5)13-18-14(3)20-22(15(18)4)17-11-9-8-10-12-17/h8-12,16H,6-7,13H2,1-5H3.